The number of carbonyl (C=O) groups excluding carboxylic acids is 2. The van der Waals surface area contributed by atoms with Gasteiger partial charge in [-0.05, 0) is 48.9 Å². The molecule has 6 rings (SSSR count). The quantitative estimate of drug-likeness (QED) is 0.216. The fraction of sp³-hybridized carbons (Fsp3) is 0.259. The molecule has 0 fully saturated rings. The number of amides is 2. The van der Waals surface area contributed by atoms with Gasteiger partial charge in [0, 0.05) is 17.2 Å². The van der Waals surface area contributed by atoms with E-state index in [9.17, 15) is 14.4 Å². The second kappa shape index (κ2) is 9.09. The van der Waals surface area contributed by atoms with Gasteiger partial charge in [0.1, 0.15) is 4.83 Å². The molecule has 0 saturated heterocycles. The molecular formula is C27H23N3O3S2. The lowest BCUT2D eigenvalue weighted by molar-refractivity contribution is 0.0664. The molecule has 2 aliphatic rings. The molecule has 35 heavy (non-hydrogen) atoms. The van der Waals surface area contributed by atoms with E-state index < -0.39 is 0 Å². The summed E-state index contributed by atoms with van der Waals surface area (Å²) in [4.78, 5) is 47.5. The van der Waals surface area contributed by atoms with Crippen molar-refractivity contribution >= 4 is 45.1 Å². The third-order valence-electron chi connectivity index (χ3n) is 6.65. The maximum absolute atomic E-state index is 13.8. The van der Waals surface area contributed by atoms with Crippen LogP contribution in [0.5, 0.6) is 0 Å². The van der Waals surface area contributed by atoms with Gasteiger partial charge in [0.15, 0.2) is 5.16 Å². The van der Waals surface area contributed by atoms with Crippen LogP contribution in [0.3, 0.4) is 0 Å². The molecule has 8 heteroatoms. The number of carbonyl (C=O) groups is 2. The summed E-state index contributed by atoms with van der Waals surface area (Å²) in [6.45, 7) is 0.694. The van der Waals surface area contributed by atoms with Gasteiger partial charge in [-0.1, -0.05) is 54.2 Å². The number of nitrogens with zero attached hydrogens (tertiary/aromatic N) is 3. The molecule has 2 aromatic carbocycles. The first kappa shape index (κ1) is 22.2. The van der Waals surface area contributed by atoms with Crippen molar-refractivity contribution in [3.05, 3.63) is 92.1 Å². The van der Waals surface area contributed by atoms with Gasteiger partial charge in [-0.25, -0.2) is 4.98 Å². The maximum Gasteiger partial charge on any atom is 0.263 e. The zero-order chi connectivity index (χ0) is 23.9. The van der Waals surface area contributed by atoms with Crippen molar-refractivity contribution in [3.63, 3.8) is 0 Å². The molecule has 4 aromatic rings. The smallest absolute Gasteiger partial charge is 0.263 e. The molecule has 6 nitrogen and oxygen atoms in total. The average Bonchev–Trinajstić information content (AvgIpc) is 3.37. The minimum Gasteiger partial charge on any atom is -0.283 e. The summed E-state index contributed by atoms with van der Waals surface area (Å²) in [6.07, 6.45) is 4.20. The second-order valence-corrected chi connectivity index (χ2v) is 11.0. The lowest BCUT2D eigenvalue weighted by Crippen LogP contribution is -2.32. The summed E-state index contributed by atoms with van der Waals surface area (Å²) in [7, 11) is 0. The number of imide groups is 1. The molecule has 2 aromatic heterocycles. The molecular weight excluding hydrogens is 478 g/mol. The number of fused-ring (bicyclic) bond motifs is 4. The summed E-state index contributed by atoms with van der Waals surface area (Å²) in [6, 6.07) is 16.8. The zero-order valence-corrected chi connectivity index (χ0v) is 20.7. The van der Waals surface area contributed by atoms with E-state index in [1.54, 1.807) is 40.2 Å². The van der Waals surface area contributed by atoms with Crippen LogP contribution in [0.25, 0.3) is 10.2 Å². The van der Waals surface area contributed by atoms with Gasteiger partial charge in [0.2, 0.25) is 0 Å². The van der Waals surface area contributed by atoms with Gasteiger partial charge in [0.05, 0.1) is 23.1 Å². The number of rotatable bonds is 6. The average molecular weight is 502 g/mol. The second-order valence-electron chi connectivity index (χ2n) is 8.82. The Kier molecular flexibility index (Phi) is 5.78. The number of aryl methyl sites for hydroxylation is 2. The third-order valence-corrected chi connectivity index (χ3v) is 8.79. The Bertz CT molecular complexity index is 1490. The van der Waals surface area contributed by atoms with E-state index in [4.69, 9.17) is 4.98 Å². The molecule has 0 atom stereocenters. The van der Waals surface area contributed by atoms with Crippen molar-refractivity contribution in [2.24, 2.45) is 0 Å². The molecule has 176 valence electrons. The normalized spacial score (nSPS) is 15.0. The SMILES string of the molecule is O=C1c2ccccc2C(=O)N1CCSc1nc2sc3c(c2c(=O)n1Cc1ccccc1)CCCC3. The highest BCUT2D eigenvalue weighted by Crippen LogP contribution is 2.35. The van der Waals surface area contributed by atoms with Crippen LogP contribution in [0.4, 0.5) is 0 Å². The molecule has 0 bridgehead atoms. The summed E-state index contributed by atoms with van der Waals surface area (Å²) in [5.74, 6) is -0.0621. The van der Waals surface area contributed by atoms with E-state index in [2.05, 4.69) is 0 Å². The molecule has 0 N–H and O–H groups in total. The largest absolute Gasteiger partial charge is 0.283 e. The summed E-state index contributed by atoms with van der Waals surface area (Å²) in [5.41, 5.74) is 3.11. The molecule has 2 amide bonds. The van der Waals surface area contributed by atoms with Crippen molar-refractivity contribution in [1.82, 2.24) is 14.5 Å². The highest BCUT2D eigenvalue weighted by molar-refractivity contribution is 7.99. The van der Waals surface area contributed by atoms with Gasteiger partial charge in [-0.15, -0.1) is 11.3 Å². The van der Waals surface area contributed by atoms with E-state index in [0.717, 1.165) is 41.5 Å². The van der Waals surface area contributed by atoms with Crippen molar-refractivity contribution < 1.29 is 9.59 Å². The predicted octanol–water partition coefficient (Wildman–Crippen LogP) is 4.77. The van der Waals surface area contributed by atoms with Gasteiger partial charge in [-0.2, -0.15) is 0 Å². The Hall–Kier alpha value is -3.23. The first-order valence-electron chi connectivity index (χ1n) is 11.8. The van der Waals surface area contributed by atoms with Crippen LogP contribution in [0.2, 0.25) is 0 Å². The molecule has 0 spiro atoms. The van der Waals surface area contributed by atoms with Crippen LogP contribution in [0.1, 0.15) is 49.6 Å². The lowest BCUT2D eigenvalue weighted by atomic mass is 9.97. The van der Waals surface area contributed by atoms with Gasteiger partial charge >= 0.3 is 0 Å². The summed E-state index contributed by atoms with van der Waals surface area (Å²) in [5, 5.41) is 1.40. The number of benzene rings is 2. The van der Waals surface area contributed by atoms with Crippen LogP contribution in [-0.4, -0.2) is 38.6 Å². The monoisotopic (exact) mass is 501 g/mol. The summed E-state index contributed by atoms with van der Waals surface area (Å²) < 4.78 is 1.76. The topological polar surface area (TPSA) is 72.3 Å². The number of hydrogen-bond donors (Lipinski definition) is 0. The minimum absolute atomic E-state index is 0.00137. The van der Waals surface area contributed by atoms with Crippen molar-refractivity contribution in [1.29, 1.82) is 0 Å². The molecule has 1 aliphatic heterocycles. The zero-order valence-electron chi connectivity index (χ0n) is 19.0. The molecule has 1 aliphatic carbocycles. The van der Waals surface area contributed by atoms with Crippen LogP contribution < -0.4 is 5.56 Å². The van der Waals surface area contributed by atoms with Crippen LogP contribution in [0.15, 0.2) is 64.5 Å². The van der Waals surface area contributed by atoms with Crippen molar-refractivity contribution in [2.75, 3.05) is 12.3 Å². The van der Waals surface area contributed by atoms with Crippen LogP contribution >= 0.6 is 23.1 Å². The highest BCUT2D eigenvalue weighted by atomic mass is 32.2. The summed E-state index contributed by atoms with van der Waals surface area (Å²) >= 11 is 3.06. The van der Waals surface area contributed by atoms with Gasteiger partial charge < -0.3 is 0 Å². The lowest BCUT2D eigenvalue weighted by Gasteiger charge is -2.16. The Morgan fingerprint density at radius 2 is 1.57 bits per heavy atom. The van der Waals surface area contributed by atoms with E-state index in [1.165, 1.54) is 27.1 Å². The molecule has 0 saturated carbocycles. The van der Waals surface area contributed by atoms with Crippen LogP contribution in [0, 0.1) is 0 Å². The number of thioether (sulfide) groups is 1. The van der Waals surface area contributed by atoms with Crippen LogP contribution in [-0.2, 0) is 19.4 Å². The molecule has 0 unspecified atom stereocenters. The van der Waals surface area contributed by atoms with Crippen molar-refractivity contribution in [3.8, 4) is 0 Å². The van der Waals surface area contributed by atoms with Crippen molar-refractivity contribution in [2.45, 2.75) is 37.4 Å². The Morgan fingerprint density at radius 1 is 0.886 bits per heavy atom. The minimum atomic E-state index is -0.262. The first-order chi connectivity index (χ1) is 17.1. The highest BCUT2D eigenvalue weighted by Gasteiger charge is 2.34. The van der Waals surface area contributed by atoms with Gasteiger partial charge in [-0.3, -0.25) is 23.9 Å². The molecule has 3 heterocycles. The van der Waals surface area contributed by atoms with E-state index in [0.29, 0.717) is 28.6 Å². The fourth-order valence-corrected chi connectivity index (χ4v) is 7.13. The van der Waals surface area contributed by atoms with E-state index >= 15 is 0 Å². The Balaban J connectivity index is 1.32. The van der Waals surface area contributed by atoms with E-state index in [1.807, 2.05) is 30.3 Å². The van der Waals surface area contributed by atoms with E-state index in [-0.39, 0.29) is 23.9 Å². The number of hydrogen-bond acceptors (Lipinski definition) is 6. The Morgan fingerprint density at radius 3 is 2.31 bits per heavy atom. The first-order valence-corrected chi connectivity index (χ1v) is 13.6. The maximum atomic E-state index is 13.8. The predicted molar refractivity (Wildman–Crippen MR) is 139 cm³/mol. The fourth-order valence-electron chi connectivity index (χ4n) is 4.91. The standard InChI is InChI=1S/C27H23N3O3S2/c31-24-18-10-4-5-11-19(18)25(32)29(24)14-15-34-27-28-23-22(20-12-6-7-13-21(20)35-23)26(33)30(27)16-17-8-2-1-3-9-17/h1-5,8-11H,6-7,12-16H2. The Labute approximate surface area is 210 Å². The van der Waals surface area contributed by atoms with Gasteiger partial charge in [0.25, 0.3) is 17.4 Å². The number of thiophene rings is 1. The third kappa shape index (κ3) is 3.90. The number of aromatic nitrogens is 2. The molecule has 0 radical (unpaired) electrons.